The van der Waals surface area contributed by atoms with E-state index in [-0.39, 0.29) is 5.75 Å². The summed E-state index contributed by atoms with van der Waals surface area (Å²) in [5, 5.41) is 7.02. The lowest BCUT2D eigenvalue weighted by Crippen LogP contribution is -2.39. The fraction of sp³-hybridized carbons (Fsp3) is 0.500. The maximum absolute atomic E-state index is 11.0. The van der Waals surface area contributed by atoms with Crippen LogP contribution in [0.2, 0.25) is 5.02 Å². The lowest BCUT2D eigenvalue weighted by Gasteiger charge is -2.11. The highest BCUT2D eigenvalue weighted by molar-refractivity contribution is 7.99. The van der Waals surface area contributed by atoms with E-state index in [1.165, 1.54) is 11.2 Å². The van der Waals surface area contributed by atoms with E-state index in [1.807, 2.05) is 24.3 Å². The van der Waals surface area contributed by atoms with Crippen LogP contribution in [0.1, 0.15) is 6.42 Å². The smallest absolute Gasteiger partial charge is 0.191 e. The second kappa shape index (κ2) is 9.97. The van der Waals surface area contributed by atoms with Gasteiger partial charge in [-0.05, 0) is 30.7 Å². The van der Waals surface area contributed by atoms with Gasteiger partial charge in [0.15, 0.2) is 5.96 Å². The summed E-state index contributed by atoms with van der Waals surface area (Å²) < 4.78 is 22.1. The van der Waals surface area contributed by atoms with Gasteiger partial charge in [0.05, 0.1) is 5.75 Å². The predicted molar refractivity (Wildman–Crippen MR) is 95.9 cm³/mol. The molecule has 0 radical (unpaired) electrons. The van der Waals surface area contributed by atoms with Crippen molar-refractivity contribution < 1.29 is 8.42 Å². The molecule has 0 aliphatic heterocycles. The van der Waals surface area contributed by atoms with E-state index >= 15 is 0 Å². The molecule has 0 unspecified atom stereocenters. The molecule has 1 rings (SSSR count). The van der Waals surface area contributed by atoms with Crippen molar-refractivity contribution in [2.24, 2.45) is 4.99 Å². The Labute approximate surface area is 141 Å². The second-order valence-electron chi connectivity index (χ2n) is 4.71. The van der Waals surface area contributed by atoms with E-state index in [0.717, 1.165) is 17.3 Å². The van der Waals surface area contributed by atoms with Crippen LogP contribution >= 0.6 is 23.4 Å². The molecule has 1 aromatic rings. The number of aliphatic imine (C=N–C) groups is 1. The summed E-state index contributed by atoms with van der Waals surface area (Å²) in [4.78, 5) is 5.27. The van der Waals surface area contributed by atoms with E-state index in [2.05, 4.69) is 15.6 Å². The highest BCUT2D eigenvalue weighted by Crippen LogP contribution is 2.19. The topological polar surface area (TPSA) is 70.6 Å². The molecular weight excluding hydrogens is 342 g/mol. The minimum atomic E-state index is -2.90. The third-order valence-electron chi connectivity index (χ3n) is 2.68. The maximum atomic E-state index is 11.0. The SMILES string of the molecule is CN=C(NCCCS(C)(=O)=O)NCCSc1ccc(Cl)cc1. The Bertz CT molecular complexity index is 574. The van der Waals surface area contributed by atoms with Crippen LogP contribution in [0.25, 0.3) is 0 Å². The molecule has 0 amide bonds. The summed E-state index contributed by atoms with van der Waals surface area (Å²) in [6.45, 7) is 1.34. The molecule has 0 saturated carbocycles. The predicted octanol–water partition coefficient (Wildman–Crippen LogP) is 2.03. The van der Waals surface area contributed by atoms with Gasteiger partial charge in [0.2, 0.25) is 0 Å². The van der Waals surface area contributed by atoms with Crippen molar-refractivity contribution in [2.45, 2.75) is 11.3 Å². The zero-order chi connectivity index (χ0) is 16.4. The second-order valence-corrected chi connectivity index (χ2v) is 8.58. The van der Waals surface area contributed by atoms with E-state index in [1.54, 1.807) is 18.8 Å². The Balaban J connectivity index is 2.17. The molecule has 0 atom stereocenters. The number of sulfone groups is 1. The van der Waals surface area contributed by atoms with Crippen molar-refractivity contribution in [3.63, 3.8) is 0 Å². The van der Waals surface area contributed by atoms with Gasteiger partial charge in [0.25, 0.3) is 0 Å². The Morgan fingerprint density at radius 1 is 1.23 bits per heavy atom. The summed E-state index contributed by atoms with van der Waals surface area (Å²) in [6, 6.07) is 7.73. The molecule has 0 saturated heterocycles. The van der Waals surface area contributed by atoms with E-state index in [9.17, 15) is 8.42 Å². The average molecular weight is 364 g/mol. The summed E-state index contributed by atoms with van der Waals surface area (Å²) in [6.07, 6.45) is 1.81. The van der Waals surface area contributed by atoms with Gasteiger partial charge in [0.1, 0.15) is 9.84 Å². The van der Waals surface area contributed by atoms with Crippen molar-refractivity contribution in [2.75, 3.05) is 37.9 Å². The fourth-order valence-corrected chi connectivity index (χ4v) is 3.19. The average Bonchev–Trinajstić information content (AvgIpc) is 2.46. The number of guanidine groups is 1. The van der Waals surface area contributed by atoms with Crippen LogP contribution in [-0.2, 0) is 9.84 Å². The van der Waals surface area contributed by atoms with E-state index in [4.69, 9.17) is 11.6 Å². The van der Waals surface area contributed by atoms with E-state index < -0.39 is 9.84 Å². The van der Waals surface area contributed by atoms with Gasteiger partial charge in [-0.1, -0.05) is 11.6 Å². The molecule has 0 aliphatic rings. The molecule has 0 heterocycles. The number of nitrogens with one attached hydrogen (secondary N) is 2. The maximum Gasteiger partial charge on any atom is 0.191 e. The summed E-state index contributed by atoms with van der Waals surface area (Å²) >= 11 is 7.57. The van der Waals surface area contributed by atoms with Crippen LogP contribution in [0, 0.1) is 0 Å². The molecule has 5 nitrogen and oxygen atoms in total. The number of benzene rings is 1. The highest BCUT2D eigenvalue weighted by atomic mass is 35.5. The van der Waals surface area contributed by atoms with Crippen molar-refractivity contribution in [3.05, 3.63) is 29.3 Å². The standard InChI is InChI=1S/C14H22ClN3O2S2/c1-16-14(17-8-3-11-22(2,19)20)18-9-10-21-13-6-4-12(15)5-7-13/h4-7H,3,8-11H2,1-2H3,(H2,16,17,18). The molecule has 124 valence electrons. The summed E-state index contributed by atoms with van der Waals surface area (Å²) in [5.41, 5.74) is 0. The van der Waals surface area contributed by atoms with Gasteiger partial charge >= 0.3 is 0 Å². The first-order chi connectivity index (χ1) is 10.4. The van der Waals surface area contributed by atoms with Crippen LogP contribution in [0.5, 0.6) is 0 Å². The Hall–Kier alpha value is -0.920. The number of nitrogens with zero attached hydrogens (tertiary/aromatic N) is 1. The third-order valence-corrected chi connectivity index (χ3v) is 4.98. The summed E-state index contributed by atoms with van der Waals surface area (Å²) in [7, 11) is -1.20. The van der Waals surface area contributed by atoms with Crippen LogP contribution in [0.15, 0.2) is 34.2 Å². The molecular formula is C14H22ClN3O2S2. The quantitative estimate of drug-likeness (QED) is 0.320. The first-order valence-corrected chi connectivity index (χ1v) is 10.3. The molecule has 22 heavy (non-hydrogen) atoms. The molecule has 0 aromatic heterocycles. The van der Waals surface area contributed by atoms with Crippen LogP contribution < -0.4 is 10.6 Å². The number of hydrogen-bond donors (Lipinski definition) is 2. The van der Waals surface area contributed by atoms with Crippen molar-refractivity contribution in [3.8, 4) is 0 Å². The minimum Gasteiger partial charge on any atom is -0.356 e. The van der Waals surface area contributed by atoms with Gasteiger partial charge in [0, 0.05) is 42.1 Å². The summed E-state index contributed by atoms with van der Waals surface area (Å²) in [5.74, 6) is 1.76. The van der Waals surface area contributed by atoms with Gasteiger partial charge in [-0.3, -0.25) is 4.99 Å². The Morgan fingerprint density at radius 3 is 2.45 bits per heavy atom. The zero-order valence-electron chi connectivity index (χ0n) is 12.8. The fourth-order valence-electron chi connectivity index (χ4n) is 1.63. The Morgan fingerprint density at radius 2 is 1.86 bits per heavy atom. The normalized spacial score (nSPS) is 12.2. The number of hydrogen-bond acceptors (Lipinski definition) is 4. The molecule has 0 spiro atoms. The van der Waals surface area contributed by atoms with Gasteiger partial charge in [-0.2, -0.15) is 0 Å². The molecule has 0 aliphatic carbocycles. The van der Waals surface area contributed by atoms with Crippen molar-refractivity contribution >= 4 is 39.2 Å². The lowest BCUT2D eigenvalue weighted by atomic mass is 10.4. The van der Waals surface area contributed by atoms with Crippen LogP contribution in [-0.4, -0.2) is 52.3 Å². The van der Waals surface area contributed by atoms with Crippen LogP contribution in [0.3, 0.4) is 0 Å². The van der Waals surface area contributed by atoms with Gasteiger partial charge < -0.3 is 10.6 Å². The first kappa shape index (κ1) is 19.1. The van der Waals surface area contributed by atoms with Crippen molar-refractivity contribution in [1.82, 2.24) is 10.6 Å². The molecule has 0 fully saturated rings. The van der Waals surface area contributed by atoms with E-state index in [0.29, 0.717) is 18.9 Å². The van der Waals surface area contributed by atoms with Gasteiger partial charge in [-0.25, -0.2) is 8.42 Å². The number of thioether (sulfide) groups is 1. The van der Waals surface area contributed by atoms with Crippen LogP contribution in [0.4, 0.5) is 0 Å². The number of rotatable bonds is 8. The number of halogens is 1. The minimum absolute atomic E-state index is 0.184. The zero-order valence-corrected chi connectivity index (χ0v) is 15.2. The molecule has 1 aromatic carbocycles. The van der Waals surface area contributed by atoms with Gasteiger partial charge in [-0.15, -0.1) is 11.8 Å². The first-order valence-electron chi connectivity index (χ1n) is 6.91. The van der Waals surface area contributed by atoms with Crippen molar-refractivity contribution in [1.29, 1.82) is 0 Å². The Kier molecular flexibility index (Phi) is 8.67. The molecule has 8 heteroatoms. The third kappa shape index (κ3) is 9.17. The molecule has 2 N–H and O–H groups in total. The monoisotopic (exact) mass is 363 g/mol. The highest BCUT2D eigenvalue weighted by Gasteiger charge is 2.02. The lowest BCUT2D eigenvalue weighted by molar-refractivity contribution is 0.598. The molecule has 0 bridgehead atoms. The largest absolute Gasteiger partial charge is 0.356 e.